The molecule has 0 bridgehead atoms. The molecule has 1 aliphatic rings. The zero-order valence-corrected chi connectivity index (χ0v) is 16.9. The molecule has 0 aliphatic heterocycles. The molecule has 0 heterocycles. The molecule has 0 aromatic rings. The van der Waals surface area contributed by atoms with Crippen LogP contribution in [0.25, 0.3) is 0 Å². The van der Waals surface area contributed by atoms with Crippen molar-refractivity contribution in [3.8, 4) is 0 Å². The van der Waals surface area contributed by atoms with Gasteiger partial charge in [0, 0.05) is 12.6 Å². The van der Waals surface area contributed by atoms with E-state index in [9.17, 15) is 0 Å². The van der Waals surface area contributed by atoms with E-state index in [1.807, 2.05) is 0 Å². The topological polar surface area (TPSA) is 21.3 Å². The average Bonchev–Trinajstić information content (AvgIpc) is 2.57. The Kier molecular flexibility index (Phi) is 15.7. The molecular weight excluding hydrogens is 306 g/mol. The lowest BCUT2D eigenvalue weighted by molar-refractivity contribution is 0.0471. The number of hydrogen-bond donors (Lipinski definition) is 1. The van der Waals surface area contributed by atoms with Crippen LogP contribution >= 0.6 is 0 Å². The lowest BCUT2D eigenvalue weighted by atomic mass is 9.87. The smallest absolute Gasteiger partial charge is 0.0547 e. The lowest BCUT2D eigenvalue weighted by Gasteiger charge is -2.22. The third-order valence-electron chi connectivity index (χ3n) is 5.39. The van der Waals surface area contributed by atoms with Crippen LogP contribution in [0.5, 0.6) is 0 Å². The molecule has 0 saturated heterocycles. The van der Waals surface area contributed by atoms with Gasteiger partial charge in [-0.05, 0) is 64.3 Å². The van der Waals surface area contributed by atoms with Crippen molar-refractivity contribution in [2.24, 2.45) is 11.8 Å². The van der Waals surface area contributed by atoms with E-state index in [2.05, 4.69) is 45.3 Å². The van der Waals surface area contributed by atoms with Crippen molar-refractivity contribution in [1.29, 1.82) is 0 Å². The summed E-state index contributed by atoms with van der Waals surface area (Å²) in [6.07, 6.45) is 19.7. The molecule has 2 nitrogen and oxygen atoms in total. The van der Waals surface area contributed by atoms with Crippen LogP contribution in [-0.4, -0.2) is 25.8 Å². The SMILES string of the molecule is C.CNC(C/C=C\CCCC(C)OCCC1CCCCC1)CC(C)C. The van der Waals surface area contributed by atoms with Gasteiger partial charge in [-0.2, -0.15) is 0 Å². The van der Waals surface area contributed by atoms with E-state index in [0.717, 1.165) is 24.9 Å². The maximum absolute atomic E-state index is 6.02. The number of ether oxygens (including phenoxy) is 1. The zero-order chi connectivity index (χ0) is 17.6. The van der Waals surface area contributed by atoms with E-state index < -0.39 is 0 Å². The summed E-state index contributed by atoms with van der Waals surface area (Å²) in [6, 6.07) is 0.628. The number of nitrogens with one attached hydrogen (secondary N) is 1. The second-order valence-corrected chi connectivity index (χ2v) is 8.23. The summed E-state index contributed by atoms with van der Waals surface area (Å²) in [4.78, 5) is 0. The van der Waals surface area contributed by atoms with Crippen LogP contribution in [0.2, 0.25) is 0 Å². The maximum Gasteiger partial charge on any atom is 0.0547 e. The molecule has 1 rings (SSSR count). The van der Waals surface area contributed by atoms with Crippen molar-refractivity contribution in [3.63, 3.8) is 0 Å². The van der Waals surface area contributed by atoms with Crippen LogP contribution in [0.15, 0.2) is 12.2 Å². The van der Waals surface area contributed by atoms with Gasteiger partial charge in [0.05, 0.1) is 6.10 Å². The quantitative estimate of drug-likeness (QED) is 0.292. The third-order valence-corrected chi connectivity index (χ3v) is 5.39. The summed E-state index contributed by atoms with van der Waals surface area (Å²) in [6.45, 7) is 7.80. The van der Waals surface area contributed by atoms with Gasteiger partial charge in [-0.3, -0.25) is 0 Å². The molecule has 1 N–H and O–H groups in total. The highest BCUT2D eigenvalue weighted by molar-refractivity contribution is 4.86. The Hall–Kier alpha value is -0.340. The van der Waals surface area contributed by atoms with E-state index in [4.69, 9.17) is 4.74 Å². The molecule has 2 atom stereocenters. The van der Waals surface area contributed by atoms with Crippen molar-refractivity contribution in [1.82, 2.24) is 5.32 Å². The van der Waals surface area contributed by atoms with Gasteiger partial charge in [0.15, 0.2) is 0 Å². The number of unbranched alkanes of at least 4 members (excludes halogenated alkanes) is 1. The average molecular weight is 354 g/mol. The van der Waals surface area contributed by atoms with E-state index in [-0.39, 0.29) is 7.43 Å². The summed E-state index contributed by atoms with van der Waals surface area (Å²) < 4.78 is 6.02. The van der Waals surface area contributed by atoms with Gasteiger partial charge < -0.3 is 10.1 Å². The van der Waals surface area contributed by atoms with Crippen LogP contribution in [-0.2, 0) is 4.74 Å². The Balaban J connectivity index is 0.00000576. The summed E-state index contributed by atoms with van der Waals surface area (Å²) in [5.74, 6) is 1.71. The summed E-state index contributed by atoms with van der Waals surface area (Å²) in [5.41, 5.74) is 0. The molecule has 25 heavy (non-hydrogen) atoms. The highest BCUT2D eigenvalue weighted by Crippen LogP contribution is 2.26. The van der Waals surface area contributed by atoms with E-state index in [0.29, 0.717) is 12.1 Å². The molecule has 0 spiro atoms. The summed E-state index contributed by atoms with van der Waals surface area (Å²) in [7, 11) is 2.08. The molecule has 0 radical (unpaired) electrons. The first kappa shape index (κ1) is 24.7. The lowest BCUT2D eigenvalue weighted by Crippen LogP contribution is -2.25. The molecule has 0 amide bonds. The molecule has 1 aliphatic carbocycles. The first-order chi connectivity index (χ1) is 11.6. The van der Waals surface area contributed by atoms with E-state index in [1.165, 1.54) is 64.2 Å². The largest absolute Gasteiger partial charge is 0.378 e. The highest BCUT2D eigenvalue weighted by atomic mass is 16.5. The molecule has 0 aromatic carbocycles. The van der Waals surface area contributed by atoms with Gasteiger partial charge in [-0.1, -0.05) is 65.5 Å². The van der Waals surface area contributed by atoms with Gasteiger partial charge in [0.1, 0.15) is 0 Å². The van der Waals surface area contributed by atoms with Gasteiger partial charge in [-0.25, -0.2) is 0 Å². The Bertz CT molecular complexity index is 307. The normalized spacial score (nSPS) is 18.4. The minimum Gasteiger partial charge on any atom is -0.378 e. The first-order valence-corrected chi connectivity index (χ1v) is 10.6. The van der Waals surface area contributed by atoms with Crippen molar-refractivity contribution < 1.29 is 4.74 Å². The number of allylic oxidation sites excluding steroid dienone is 1. The predicted octanol–water partition coefficient (Wildman–Crippen LogP) is 6.75. The molecular formula is C23H47NO. The zero-order valence-electron chi connectivity index (χ0n) is 16.9. The Morgan fingerprint density at radius 3 is 2.44 bits per heavy atom. The fraction of sp³-hybridized carbons (Fsp3) is 0.913. The number of hydrogen-bond acceptors (Lipinski definition) is 2. The van der Waals surface area contributed by atoms with Gasteiger partial charge >= 0.3 is 0 Å². The highest BCUT2D eigenvalue weighted by Gasteiger charge is 2.13. The maximum atomic E-state index is 6.02. The van der Waals surface area contributed by atoms with Crippen LogP contribution in [0, 0.1) is 11.8 Å². The van der Waals surface area contributed by atoms with Gasteiger partial charge in [0.25, 0.3) is 0 Å². The molecule has 0 aromatic heterocycles. The number of rotatable bonds is 13. The van der Waals surface area contributed by atoms with Crippen molar-refractivity contribution in [2.75, 3.05) is 13.7 Å². The summed E-state index contributed by atoms with van der Waals surface area (Å²) in [5, 5.41) is 3.42. The first-order valence-electron chi connectivity index (χ1n) is 10.6. The monoisotopic (exact) mass is 353 g/mol. The predicted molar refractivity (Wildman–Crippen MR) is 113 cm³/mol. The van der Waals surface area contributed by atoms with Crippen molar-refractivity contribution >= 4 is 0 Å². The minimum absolute atomic E-state index is 0. The van der Waals surface area contributed by atoms with Crippen molar-refractivity contribution in [3.05, 3.63) is 12.2 Å². The van der Waals surface area contributed by atoms with Crippen molar-refractivity contribution in [2.45, 2.75) is 111 Å². The van der Waals surface area contributed by atoms with E-state index >= 15 is 0 Å². The van der Waals surface area contributed by atoms with Crippen LogP contribution in [0.1, 0.15) is 98.8 Å². The molecule has 1 fully saturated rings. The Morgan fingerprint density at radius 1 is 1.08 bits per heavy atom. The molecule has 150 valence electrons. The minimum atomic E-state index is 0. The second kappa shape index (κ2) is 15.9. The Morgan fingerprint density at radius 2 is 1.80 bits per heavy atom. The fourth-order valence-electron chi connectivity index (χ4n) is 3.80. The molecule has 2 heteroatoms. The third kappa shape index (κ3) is 13.5. The van der Waals surface area contributed by atoms with E-state index in [1.54, 1.807) is 0 Å². The fourth-order valence-corrected chi connectivity index (χ4v) is 3.80. The van der Waals surface area contributed by atoms with Gasteiger partial charge in [-0.15, -0.1) is 0 Å². The molecule has 1 saturated carbocycles. The second-order valence-electron chi connectivity index (χ2n) is 8.23. The van der Waals surface area contributed by atoms with Crippen LogP contribution in [0.3, 0.4) is 0 Å². The molecule has 2 unspecified atom stereocenters. The Labute approximate surface area is 159 Å². The van der Waals surface area contributed by atoms with Crippen LogP contribution < -0.4 is 5.32 Å². The standard InChI is InChI=1S/C22H43NO.CH4/c1-19(2)18-22(23-4)15-11-6-5-8-12-20(3)24-17-16-21-13-9-7-10-14-21;/h6,11,19-23H,5,7-10,12-18H2,1-4H3;1H4/b11-6-;. The van der Waals surface area contributed by atoms with Crippen LogP contribution in [0.4, 0.5) is 0 Å². The summed E-state index contributed by atoms with van der Waals surface area (Å²) >= 11 is 0. The van der Waals surface area contributed by atoms with Gasteiger partial charge in [0.2, 0.25) is 0 Å².